The zero-order valence-corrected chi connectivity index (χ0v) is 15.3. The average molecular weight is 407 g/mol. The van der Waals surface area contributed by atoms with Crippen LogP contribution >= 0.6 is 24.0 Å². The lowest BCUT2D eigenvalue weighted by atomic mass is 10.3. The third kappa shape index (κ3) is 8.64. The first kappa shape index (κ1) is 19.8. The Morgan fingerprint density at radius 1 is 1.19 bits per heavy atom. The fourth-order valence-corrected chi connectivity index (χ4v) is 1.63. The lowest BCUT2D eigenvalue weighted by molar-refractivity contribution is 0.319. The Morgan fingerprint density at radius 3 is 2.57 bits per heavy atom. The quantitative estimate of drug-likeness (QED) is 0.301. The number of benzene rings is 1. The molecule has 0 spiro atoms. The van der Waals surface area contributed by atoms with E-state index in [1.165, 1.54) is 6.42 Å². The summed E-state index contributed by atoms with van der Waals surface area (Å²) in [6.45, 7) is 4.37. The van der Waals surface area contributed by atoms with Crippen LogP contribution < -0.4 is 20.1 Å². The van der Waals surface area contributed by atoms with Crippen LogP contribution in [0.3, 0.4) is 0 Å². The Balaban J connectivity index is 0.00000400. The van der Waals surface area contributed by atoms with E-state index in [9.17, 15) is 0 Å². The molecule has 1 aromatic carbocycles. The van der Waals surface area contributed by atoms with E-state index in [0.717, 1.165) is 30.4 Å². The molecule has 0 radical (unpaired) electrons. The molecule has 0 saturated carbocycles. The molecule has 0 heterocycles. The molecule has 0 aliphatic carbocycles. The molecular weight excluding hydrogens is 381 g/mol. The van der Waals surface area contributed by atoms with Crippen LogP contribution in [0.2, 0.25) is 0 Å². The first-order chi connectivity index (χ1) is 9.80. The molecule has 0 fully saturated rings. The van der Waals surface area contributed by atoms with Crippen molar-refractivity contribution >= 4 is 29.9 Å². The highest BCUT2D eigenvalue weighted by molar-refractivity contribution is 14.0. The lowest BCUT2D eigenvalue weighted by Crippen LogP contribution is -2.39. The highest BCUT2D eigenvalue weighted by atomic mass is 127. The van der Waals surface area contributed by atoms with Gasteiger partial charge >= 0.3 is 0 Å². The molecule has 0 atom stereocenters. The van der Waals surface area contributed by atoms with Gasteiger partial charge in [-0.1, -0.05) is 19.4 Å². The highest BCUT2D eigenvalue weighted by Crippen LogP contribution is 2.18. The highest BCUT2D eigenvalue weighted by Gasteiger charge is 1.98. The molecular formula is C15H26IN3O2. The smallest absolute Gasteiger partial charge is 0.191 e. The number of halogens is 1. The predicted molar refractivity (Wildman–Crippen MR) is 98.2 cm³/mol. The van der Waals surface area contributed by atoms with Crippen molar-refractivity contribution in [3.63, 3.8) is 0 Å². The molecule has 0 bridgehead atoms. The van der Waals surface area contributed by atoms with Gasteiger partial charge < -0.3 is 20.1 Å². The number of unbranched alkanes of at least 4 members (excludes halogenated alkanes) is 1. The number of ether oxygens (including phenoxy) is 2. The van der Waals surface area contributed by atoms with Crippen molar-refractivity contribution in [2.24, 2.45) is 4.99 Å². The van der Waals surface area contributed by atoms with Gasteiger partial charge in [-0.15, -0.1) is 24.0 Å². The summed E-state index contributed by atoms with van der Waals surface area (Å²) in [6, 6.07) is 7.59. The Kier molecular flexibility index (Phi) is 11.8. The molecule has 0 saturated heterocycles. The summed E-state index contributed by atoms with van der Waals surface area (Å²) >= 11 is 0. The zero-order valence-electron chi connectivity index (χ0n) is 13.0. The Morgan fingerprint density at radius 2 is 1.90 bits per heavy atom. The van der Waals surface area contributed by atoms with E-state index < -0.39 is 0 Å². The van der Waals surface area contributed by atoms with Crippen LogP contribution in [0.5, 0.6) is 11.5 Å². The molecule has 0 aliphatic heterocycles. The van der Waals surface area contributed by atoms with Gasteiger partial charge in [-0.2, -0.15) is 0 Å². The van der Waals surface area contributed by atoms with Gasteiger partial charge in [-0.3, -0.25) is 4.99 Å². The van der Waals surface area contributed by atoms with Crippen molar-refractivity contribution in [1.82, 2.24) is 10.6 Å². The van der Waals surface area contributed by atoms with Gasteiger partial charge in [-0.05, 0) is 18.6 Å². The van der Waals surface area contributed by atoms with Gasteiger partial charge in [0, 0.05) is 19.7 Å². The van der Waals surface area contributed by atoms with Gasteiger partial charge in [0.05, 0.1) is 13.7 Å². The van der Waals surface area contributed by atoms with Crippen LogP contribution in [0.4, 0.5) is 0 Å². The normalized spacial score (nSPS) is 10.5. The number of guanidine groups is 1. The number of nitrogens with zero attached hydrogens (tertiary/aromatic N) is 1. The summed E-state index contributed by atoms with van der Waals surface area (Å²) in [6.07, 6.45) is 2.31. The first-order valence-corrected chi connectivity index (χ1v) is 7.01. The second kappa shape index (κ2) is 12.6. The number of methoxy groups -OCH3 is 1. The standard InChI is InChI=1S/C15H25N3O2.HI/c1-4-5-9-17-15(16-2)18-10-11-20-14-8-6-7-13(12-14)19-3;/h6-8,12H,4-5,9-11H2,1-3H3,(H2,16,17,18);1H. The summed E-state index contributed by atoms with van der Waals surface area (Å²) in [4.78, 5) is 4.15. The third-order valence-electron chi connectivity index (χ3n) is 2.75. The third-order valence-corrected chi connectivity index (χ3v) is 2.75. The summed E-state index contributed by atoms with van der Waals surface area (Å²) < 4.78 is 10.8. The predicted octanol–water partition coefficient (Wildman–Crippen LogP) is 2.66. The molecule has 0 aliphatic rings. The van der Waals surface area contributed by atoms with E-state index in [0.29, 0.717) is 13.2 Å². The van der Waals surface area contributed by atoms with E-state index in [2.05, 4.69) is 22.5 Å². The van der Waals surface area contributed by atoms with Crippen molar-refractivity contribution in [3.05, 3.63) is 24.3 Å². The molecule has 120 valence electrons. The second-order valence-electron chi connectivity index (χ2n) is 4.31. The summed E-state index contributed by atoms with van der Waals surface area (Å²) in [5.74, 6) is 2.42. The van der Waals surface area contributed by atoms with Crippen LogP contribution in [0.1, 0.15) is 19.8 Å². The van der Waals surface area contributed by atoms with Gasteiger partial charge in [0.1, 0.15) is 18.1 Å². The monoisotopic (exact) mass is 407 g/mol. The number of hydrogen-bond acceptors (Lipinski definition) is 3. The second-order valence-corrected chi connectivity index (χ2v) is 4.31. The topological polar surface area (TPSA) is 54.9 Å². The molecule has 1 aromatic rings. The Labute approximate surface area is 144 Å². The fraction of sp³-hybridized carbons (Fsp3) is 0.533. The molecule has 0 amide bonds. The fourth-order valence-electron chi connectivity index (χ4n) is 1.63. The molecule has 5 nitrogen and oxygen atoms in total. The van der Waals surface area contributed by atoms with Crippen molar-refractivity contribution in [3.8, 4) is 11.5 Å². The molecule has 0 unspecified atom stereocenters. The maximum atomic E-state index is 5.64. The molecule has 6 heteroatoms. The number of aliphatic imine (C=N–C) groups is 1. The zero-order chi connectivity index (χ0) is 14.6. The van der Waals surface area contributed by atoms with Crippen LogP contribution in [0.15, 0.2) is 29.3 Å². The minimum Gasteiger partial charge on any atom is -0.497 e. The molecule has 1 rings (SSSR count). The van der Waals surface area contributed by atoms with Gasteiger partial charge in [0.2, 0.25) is 0 Å². The number of rotatable bonds is 8. The summed E-state index contributed by atoms with van der Waals surface area (Å²) in [5, 5.41) is 6.46. The minimum absolute atomic E-state index is 0. The first-order valence-electron chi connectivity index (χ1n) is 7.01. The SMILES string of the molecule is CCCCNC(=NC)NCCOc1cccc(OC)c1.I. The van der Waals surface area contributed by atoms with Crippen LogP contribution in [-0.4, -0.2) is 39.8 Å². The lowest BCUT2D eigenvalue weighted by Gasteiger charge is -2.12. The van der Waals surface area contributed by atoms with Crippen molar-refractivity contribution in [1.29, 1.82) is 0 Å². The van der Waals surface area contributed by atoms with Gasteiger partial charge in [0.25, 0.3) is 0 Å². The maximum Gasteiger partial charge on any atom is 0.191 e. The van der Waals surface area contributed by atoms with Crippen molar-refractivity contribution < 1.29 is 9.47 Å². The molecule has 21 heavy (non-hydrogen) atoms. The van der Waals surface area contributed by atoms with E-state index in [-0.39, 0.29) is 24.0 Å². The van der Waals surface area contributed by atoms with E-state index in [1.807, 2.05) is 24.3 Å². The Hall–Kier alpha value is -1.18. The van der Waals surface area contributed by atoms with Crippen molar-refractivity contribution in [2.75, 3.05) is 33.9 Å². The van der Waals surface area contributed by atoms with Crippen LogP contribution in [-0.2, 0) is 0 Å². The number of hydrogen-bond donors (Lipinski definition) is 2. The van der Waals surface area contributed by atoms with Crippen LogP contribution in [0.25, 0.3) is 0 Å². The summed E-state index contributed by atoms with van der Waals surface area (Å²) in [7, 11) is 3.41. The molecule has 2 N–H and O–H groups in total. The van der Waals surface area contributed by atoms with Gasteiger partial charge in [0.15, 0.2) is 5.96 Å². The van der Waals surface area contributed by atoms with E-state index in [1.54, 1.807) is 14.2 Å². The number of nitrogens with one attached hydrogen (secondary N) is 2. The maximum absolute atomic E-state index is 5.64. The van der Waals surface area contributed by atoms with E-state index >= 15 is 0 Å². The minimum atomic E-state index is 0. The summed E-state index contributed by atoms with van der Waals surface area (Å²) in [5.41, 5.74) is 0. The van der Waals surface area contributed by atoms with Crippen molar-refractivity contribution in [2.45, 2.75) is 19.8 Å². The van der Waals surface area contributed by atoms with E-state index in [4.69, 9.17) is 9.47 Å². The Bertz CT molecular complexity index is 414. The average Bonchev–Trinajstić information content (AvgIpc) is 2.50. The molecule has 0 aromatic heterocycles. The largest absolute Gasteiger partial charge is 0.497 e. The van der Waals surface area contributed by atoms with Crippen LogP contribution in [0, 0.1) is 0 Å². The van der Waals surface area contributed by atoms with Gasteiger partial charge in [-0.25, -0.2) is 0 Å².